The number of nitrogen functional groups attached to an aromatic ring is 1. The predicted molar refractivity (Wildman–Crippen MR) is 119 cm³/mol. The number of halogens is 2. The van der Waals surface area contributed by atoms with Crippen LogP contribution in [0.15, 0.2) is 71.5 Å². The SMILES string of the molecule is COc1ccc(Cn2c(=O)c3c(N)n(-c4cc(F)ccc4F)nc3c3ccccc32)cc1. The van der Waals surface area contributed by atoms with Crippen molar-refractivity contribution < 1.29 is 13.5 Å². The standard InChI is InChI=1S/C24H18F2N4O2/c1-32-16-9-6-14(7-10-16)13-29-19-5-3-2-4-17(19)22-21(24(29)31)23(27)30(28-22)20-12-15(25)8-11-18(20)26/h2-12H,13,27H2,1H3. The molecule has 0 aliphatic rings. The van der Waals surface area contributed by atoms with Crippen molar-refractivity contribution in [2.45, 2.75) is 6.54 Å². The number of nitrogens with two attached hydrogens (primary N) is 1. The summed E-state index contributed by atoms with van der Waals surface area (Å²) < 4.78 is 36.1. The lowest BCUT2D eigenvalue weighted by atomic mass is 10.1. The molecule has 0 unspecified atom stereocenters. The molecule has 0 bridgehead atoms. The monoisotopic (exact) mass is 432 g/mol. The number of hydrogen-bond acceptors (Lipinski definition) is 4. The molecule has 2 N–H and O–H groups in total. The van der Waals surface area contributed by atoms with E-state index in [1.807, 2.05) is 48.5 Å². The van der Waals surface area contributed by atoms with Gasteiger partial charge < -0.3 is 15.0 Å². The number of methoxy groups -OCH3 is 1. The summed E-state index contributed by atoms with van der Waals surface area (Å²) in [5.74, 6) is -0.677. The molecule has 0 atom stereocenters. The quantitative estimate of drug-likeness (QED) is 0.461. The fourth-order valence-electron chi connectivity index (χ4n) is 3.89. The third-order valence-corrected chi connectivity index (χ3v) is 5.47. The molecule has 0 radical (unpaired) electrons. The van der Waals surface area contributed by atoms with Crippen molar-refractivity contribution in [2.75, 3.05) is 12.8 Å². The van der Waals surface area contributed by atoms with Gasteiger partial charge in [-0.15, -0.1) is 0 Å². The molecule has 0 fully saturated rings. The zero-order valence-electron chi connectivity index (χ0n) is 17.0. The minimum atomic E-state index is -0.700. The largest absolute Gasteiger partial charge is 0.497 e. The normalized spacial score (nSPS) is 11.3. The summed E-state index contributed by atoms with van der Waals surface area (Å²) in [7, 11) is 1.59. The highest BCUT2D eigenvalue weighted by Gasteiger charge is 2.21. The van der Waals surface area contributed by atoms with Crippen molar-refractivity contribution in [2.24, 2.45) is 0 Å². The zero-order valence-corrected chi connectivity index (χ0v) is 17.0. The average Bonchev–Trinajstić information content (AvgIpc) is 3.16. The number of ether oxygens (including phenoxy) is 1. The van der Waals surface area contributed by atoms with Gasteiger partial charge in [-0.3, -0.25) is 4.79 Å². The smallest absolute Gasteiger partial charge is 0.264 e. The Hall–Kier alpha value is -4.20. The molecule has 32 heavy (non-hydrogen) atoms. The maximum Gasteiger partial charge on any atom is 0.264 e. The van der Waals surface area contributed by atoms with Crippen LogP contribution in [0.5, 0.6) is 5.75 Å². The molecule has 2 aromatic heterocycles. The van der Waals surface area contributed by atoms with E-state index in [1.54, 1.807) is 11.7 Å². The van der Waals surface area contributed by atoms with Gasteiger partial charge in [0.1, 0.15) is 39.8 Å². The second-order valence-corrected chi connectivity index (χ2v) is 7.37. The van der Waals surface area contributed by atoms with E-state index in [-0.39, 0.29) is 29.0 Å². The Balaban J connectivity index is 1.78. The Kier molecular flexibility index (Phi) is 4.62. The van der Waals surface area contributed by atoms with Crippen molar-refractivity contribution in [3.8, 4) is 11.4 Å². The van der Waals surface area contributed by atoms with Crippen LogP contribution in [0.25, 0.3) is 27.5 Å². The van der Waals surface area contributed by atoms with Gasteiger partial charge in [-0.05, 0) is 35.9 Å². The number of benzene rings is 3. The summed E-state index contributed by atoms with van der Waals surface area (Å²) in [6.45, 7) is 0.290. The van der Waals surface area contributed by atoms with E-state index in [9.17, 15) is 13.6 Å². The molecule has 3 aromatic carbocycles. The summed E-state index contributed by atoms with van der Waals surface area (Å²) in [5.41, 5.74) is 7.61. The van der Waals surface area contributed by atoms with Gasteiger partial charge in [0.15, 0.2) is 0 Å². The molecule has 160 valence electrons. The van der Waals surface area contributed by atoms with Crippen LogP contribution in [0.3, 0.4) is 0 Å². The Labute approximate surface area is 181 Å². The Bertz CT molecular complexity index is 1540. The van der Waals surface area contributed by atoms with Crippen molar-refractivity contribution in [3.63, 3.8) is 0 Å². The molecule has 2 heterocycles. The summed E-state index contributed by atoms with van der Waals surface area (Å²) in [6.07, 6.45) is 0. The van der Waals surface area contributed by atoms with Crippen LogP contribution in [0.1, 0.15) is 5.56 Å². The van der Waals surface area contributed by atoms with E-state index in [0.717, 1.165) is 28.4 Å². The molecule has 5 rings (SSSR count). The van der Waals surface area contributed by atoms with Crippen LogP contribution in [-0.2, 0) is 6.54 Å². The molecule has 0 amide bonds. The van der Waals surface area contributed by atoms with Gasteiger partial charge in [-0.1, -0.05) is 30.3 Å². The lowest BCUT2D eigenvalue weighted by Gasteiger charge is -2.11. The van der Waals surface area contributed by atoms with Crippen molar-refractivity contribution in [1.82, 2.24) is 14.3 Å². The van der Waals surface area contributed by atoms with Gasteiger partial charge in [0.25, 0.3) is 5.56 Å². The van der Waals surface area contributed by atoms with Crippen LogP contribution in [0.4, 0.5) is 14.6 Å². The van der Waals surface area contributed by atoms with E-state index < -0.39 is 11.6 Å². The molecule has 5 aromatic rings. The van der Waals surface area contributed by atoms with E-state index in [2.05, 4.69) is 5.10 Å². The number of fused-ring (bicyclic) bond motifs is 3. The third-order valence-electron chi connectivity index (χ3n) is 5.47. The number of pyridine rings is 1. The summed E-state index contributed by atoms with van der Waals surface area (Å²) in [4.78, 5) is 13.5. The molecule has 0 saturated heterocycles. The fraction of sp³-hybridized carbons (Fsp3) is 0.0833. The minimum Gasteiger partial charge on any atom is -0.497 e. The van der Waals surface area contributed by atoms with Gasteiger partial charge in [-0.2, -0.15) is 5.10 Å². The highest BCUT2D eigenvalue weighted by atomic mass is 19.1. The second-order valence-electron chi connectivity index (χ2n) is 7.37. The summed E-state index contributed by atoms with van der Waals surface area (Å²) in [6, 6.07) is 17.7. The lowest BCUT2D eigenvalue weighted by Crippen LogP contribution is -2.22. The number of aromatic nitrogens is 3. The highest BCUT2D eigenvalue weighted by molar-refractivity contribution is 6.07. The Morgan fingerprint density at radius 1 is 1.03 bits per heavy atom. The lowest BCUT2D eigenvalue weighted by molar-refractivity contribution is 0.414. The van der Waals surface area contributed by atoms with Gasteiger partial charge in [0.2, 0.25) is 0 Å². The maximum atomic E-state index is 14.4. The van der Waals surface area contributed by atoms with Crippen molar-refractivity contribution >= 4 is 27.6 Å². The first-order valence-corrected chi connectivity index (χ1v) is 9.86. The summed E-state index contributed by atoms with van der Waals surface area (Å²) in [5, 5.41) is 5.23. The molecule has 8 heteroatoms. The molecular formula is C24H18F2N4O2. The maximum absolute atomic E-state index is 14.4. The van der Waals surface area contributed by atoms with Gasteiger partial charge >= 0.3 is 0 Å². The molecule has 0 aliphatic heterocycles. The number of para-hydroxylation sites is 1. The molecule has 0 aliphatic carbocycles. The van der Waals surface area contributed by atoms with Crippen molar-refractivity contribution in [3.05, 3.63) is 94.3 Å². The highest BCUT2D eigenvalue weighted by Crippen LogP contribution is 2.29. The van der Waals surface area contributed by atoms with E-state index in [1.165, 1.54) is 0 Å². The van der Waals surface area contributed by atoms with Crippen molar-refractivity contribution in [1.29, 1.82) is 0 Å². The Morgan fingerprint density at radius 2 is 1.78 bits per heavy atom. The number of rotatable bonds is 4. The molecule has 0 spiro atoms. The first kappa shape index (κ1) is 19.7. The number of nitrogens with zero attached hydrogens (tertiary/aromatic N) is 3. The molecule has 6 nitrogen and oxygen atoms in total. The van der Waals surface area contributed by atoms with Gasteiger partial charge in [-0.25, -0.2) is 13.5 Å². The Morgan fingerprint density at radius 3 is 2.53 bits per heavy atom. The minimum absolute atomic E-state index is 0.0521. The number of anilines is 1. The second kappa shape index (κ2) is 7.49. The number of hydrogen-bond donors (Lipinski definition) is 1. The summed E-state index contributed by atoms with van der Waals surface area (Å²) >= 11 is 0. The van der Waals surface area contributed by atoms with Crippen LogP contribution in [-0.4, -0.2) is 21.5 Å². The average molecular weight is 432 g/mol. The van der Waals surface area contributed by atoms with Crippen LogP contribution in [0.2, 0.25) is 0 Å². The fourth-order valence-corrected chi connectivity index (χ4v) is 3.89. The predicted octanol–water partition coefficient (Wildman–Crippen LogP) is 4.26. The molecular weight excluding hydrogens is 414 g/mol. The third kappa shape index (κ3) is 3.08. The molecule has 0 saturated carbocycles. The van der Waals surface area contributed by atoms with E-state index in [0.29, 0.717) is 22.2 Å². The van der Waals surface area contributed by atoms with Crippen LogP contribution >= 0.6 is 0 Å². The van der Waals surface area contributed by atoms with Crippen LogP contribution in [0, 0.1) is 11.6 Å². The first-order valence-electron chi connectivity index (χ1n) is 9.86. The zero-order chi connectivity index (χ0) is 22.4. The van der Waals surface area contributed by atoms with E-state index in [4.69, 9.17) is 10.5 Å². The van der Waals surface area contributed by atoms with Crippen LogP contribution < -0.4 is 16.0 Å². The van der Waals surface area contributed by atoms with Gasteiger partial charge in [0.05, 0.1) is 19.2 Å². The first-order chi connectivity index (χ1) is 15.5. The van der Waals surface area contributed by atoms with E-state index >= 15 is 0 Å². The topological polar surface area (TPSA) is 75.1 Å². The van der Waals surface area contributed by atoms with Gasteiger partial charge in [0, 0.05) is 11.5 Å².